The Morgan fingerprint density at radius 1 is 1.33 bits per heavy atom. The van der Waals surface area contributed by atoms with Gasteiger partial charge in [-0.15, -0.1) is 4.91 Å². The Labute approximate surface area is 106 Å². The van der Waals surface area contributed by atoms with E-state index in [4.69, 9.17) is 40.5 Å². The molecule has 0 spiro atoms. The van der Waals surface area contributed by atoms with Crippen LogP contribution in [0.3, 0.4) is 0 Å². The Morgan fingerprint density at radius 2 is 2.00 bits per heavy atom. The highest BCUT2D eigenvalue weighted by Crippen LogP contribution is 2.39. The summed E-state index contributed by atoms with van der Waals surface area (Å²) in [6.45, 7) is 0. The average Bonchev–Trinajstić information content (AvgIpc) is 2.21. The second kappa shape index (κ2) is 5.61. The molecule has 0 aliphatic heterocycles. The van der Waals surface area contributed by atoms with Crippen LogP contribution < -0.4 is 5.73 Å². The zero-order valence-corrected chi connectivity index (χ0v) is 10.3. The number of hydrogen-bond acceptors (Lipinski definition) is 4. The van der Waals surface area contributed by atoms with E-state index in [0.717, 1.165) is 11.8 Å². The van der Waals surface area contributed by atoms with E-state index in [1.165, 1.54) is 12.1 Å². The number of nitrogens with two attached hydrogens (primary N) is 1. The maximum Gasteiger partial charge on any atom is 0.132 e. The predicted molar refractivity (Wildman–Crippen MR) is 66.8 cm³/mol. The molecule has 0 fully saturated rings. The molecule has 0 aromatic heterocycles. The van der Waals surface area contributed by atoms with Crippen molar-refractivity contribution >= 4 is 57.9 Å². The van der Waals surface area contributed by atoms with Crippen molar-refractivity contribution in [2.75, 3.05) is 5.73 Å². The summed E-state index contributed by atoms with van der Waals surface area (Å²) in [7, 11) is 0. The summed E-state index contributed by atoms with van der Waals surface area (Å²) in [4.78, 5) is 10.9. The van der Waals surface area contributed by atoms with Crippen LogP contribution in [0.15, 0.2) is 37.1 Å². The third-order valence-electron chi connectivity index (χ3n) is 1.45. The number of nitroso groups, excluding NO2 is 1. The van der Waals surface area contributed by atoms with Gasteiger partial charge in [0.05, 0.1) is 0 Å². The van der Waals surface area contributed by atoms with Crippen LogP contribution >= 0.6 is 46.6 Å². The lowest BCUT2D eigenvalue weighted by atomic mass is 10.3. The summed E-state index contributed by atoms with van der Waals surface area (Å²) in [5.41, 5.74) is 6.40. The molecule has 15 heavy (non-hydrogen) atoms. The Balaban J connectivity index is 3.03. The molecule has 1 aromatic rings. The molecule has 0 heterocycles. The number of halogens is 3. The molecule has 0 saturated heterocycles. The molecule has 0 atom stereocenters. The van der Waals surface area contributed by atoms with Gasteiger partial charge in [-0.2, -0.15) is 0 Å². The van der Waals surface area contributed by atoms with E-state index in [2.05, 4.69) is 5.18 Å². The van der Waals surface area contributed by atoms with Gasteiger partial charge in [0, 0.05) is 10.6 Å². The Morgan fingerprint density at radius 3 is 2.53 bits per heavy atom. The van der Waals surface area contributed by atoms with Gasteiger partial charge in [0.15, 0.2) is 0 Å². The van der Waals surface area contributed by atoms with E-state index in [1.807, 2.05) is 0 Å². The van der Waals surface area contributed by atoms with Gasteiger partial charge in [0.25, 0.3) is 0 Å². The SMILES string of the molecule is Nc1ccc(N=O)cc1SC(Cl)=C(Cl)Cl. The van der Waals surface area contributed by atoms with E-state index in [0.29, 0.717) is 10.6 Å². The zero-order chi connectivity index (χ0) is 11.4. The summed E-state index contributed by atoms with van der Waals surface area (Å²) in [6, 6.07) is 4.57. The van der Waals surface area contributed by atoms with Gasteiger partial charge >= 0.3 is 0 Å². The van der Waals surface area contributed by atoms with Crippen LogP contribution in [0.25, 0.3) is 0 Å². The highest BCUT2D eigenvalue weighted by atomic mass is 35.5. The van der Waals surface area contributed by atoms with E-state index in [-0.39, 0.29) is 14.5 Å². The molecular weight excluding hydrogens is 279 g/mol. The summed E-state index contributed by atoms with van der Waals surface area (Å²) in [5.74, 6) is 0. The molecule has 1 rings (SSSR count). The topological polar surface area (TPSA) is 55.4 Å². The van der Waals surface area contributed by atoms with Crippen molar-refractivity contribution in [2.45, 2.75) is 4.90 Å². The number of nitrogen functional groups attached to an aromatic ring is 1. The second-order valence-corrected chi connectivity index (χ2v) is 5.05. The number of benzene rings is 1. The van der Waals surface area contributed by atoms with Crippen LogP contribution in [-0.2, 0) is 0 Å². The first-order valence-electron chi connectivity index (χ1n) is 3.66. The van der Waals surface area contributed by atoms with Crippen molar-refractivity contribution in [1.82, 2.24) is 0 Å². The van der Waals surface area contributed by atoms with Gasteiger partial charge in [-0.1, -0.05) is 46.6 Å². The molecule has 0 aliphatic rings. The van der Waals surface area contributed by atoms with E-state index in [9.17, 15) is 4.91 Å². The van der Waals surface area contributed by atoms with Gasteiger partial charge in [-0.3, -0.25) is 0 Å². The molecule has 0 radical (unpaired) electrons. The first kappa shape index (κ1) is 12.6. The fourth-order valence-corrected chi connectivity index (χ4v) is 1.92. The first-order chi connectivity index (χ1) is 7.04. The third kappa shape index (κ3) is 3.57. The highest BCUT2D eigenvalue weighted by molar-refractivity contribution is 8.04. The lowest BCUT2D eigenvalue weighted by molar-refractivity contribution is 1.40. The van der Waals surface area contributed by atoms with Crippen LogP contribution in [0, 0.1) is 4.91 Å². The van der Waals surface area contributed by atoms with Crippen molar-refractivity contribution in [2.24, 2.45) is 5.18 Å². The Hall–Kier alpha value is -0.420. The van der Waals surface area contributed by atoms with Crippen molar-refractivity contribution in [3.8, 4) is 0 Å². The monoisotopic (exact) mass is 282 g/mol. The molecule has 1 aromatic carbocycles. The smallest absolute Gasteiger partial charge is 0.132 e. The van der Waals surface area contributed by atoms with Gasteiger partial charge in [0.1, 0.15) is 14.5 Å². The molecule has 0 bridgehead atoms. The fourth-order valence-electron chi connectivity index (χ4n) is 0.803. The van der Waals surface area contributed by atoms with Gasteiger partial charge in [-0.05, 0) is 23.4 Å². The van der Waals surface area contributed by atoms with Crippen LogP contribution in [-0.4, -0.2) is 0 Å². The molecule has 3 nitrogen and oxygen atoms in total. The predicted octanol–water partition coefficient (Wildman–Crippen LogP) is 4.60. The number of thioether (sulfide) groups is 1. The van der Waals surface area contributed by atoms with Crippen molar-refractivity contribution < 1.29 is 0 Å². The van der Waals surface area contributed by atoms with Crippen molar-refractivity contribution in [3.05, 3.63) is 32.0 Å². The minimum absolute atomic E-state index is 0.0504. The maximum absolute atomic E-state index is 10.3. The second-order valence-electron chi connectivity index (χ2n) is 2.45. The van der Waals surface area contributed by atoms with E-state index >= 15 is 0 Å². The van der Waals surface area contributed by atoms with Crippen molar-refractivity contribution in [3.63, 3.8) is 0 Å². The molecular formula is C8H5Cl3N2OS. The molecule has 0 saturated carbocycles. The lowest BCUT2D eigenvalue weighted by Gasteiger charge is -2.04. The molecule has 2 N–H and O–H groups in total. The molecule has 0 amide bonds. The molecule has 7 heteroatoms. The average molecular weight is 284 g/mol. The van der Waals surface area contributed by atoms with Crippen LogP contribution in [0.4, 0.5) is 11.4 Å². The van der Waals surface area contributed by atoms with Gasteiger partial charge in [0.2, 0.25) is 0 Å². The zero-order valence-electron chi connectivity index (χ0n) is 7.21. The third-order valence-corrected chi connectivity index (χ3v) is 3.62. The summed E-state index contributed by atoms with van der Waals surface area (Å²) < 4.78 is 0.138. The number of anilines is 1. The lowest BCUT2D eigenvalue weighted by Crippen LogP contribution is -1.87. The van der Waals surface area contributed by atoms with Crippen LogP contribution in [0.5, 0.6) is 0 Å². The van der Waals surface area contributed by atoms with Gasteiger partial charge < -0.3 is 5.73 Å². The Bertz CT molecular complexity index is 418. The summed E-state index contributed by atoms with van der Waals surface area (Å²) >= 11 is 17.7. The van der Waals surface area contributed by atoms with Crippen molar-refractivity contribution in [1.29, 1.82) is 0 Å². The molecule has 0 aliphatic carbocycles. The minimum Gasteiger partial charge on any atom is -0.398 e. The van der Waals surface area contributed by atoms with Crippen LogP contribution in [0.2, 0.25) is 0 Å². The van der Waals surface area contributed by atoms with E-state index in [1.54, 1.807) is 6.07 Å². The summed E-state index contributed by atoms with van der Waals surface area (Å²) in [5, 5.41) is 2.78. The number of rotatable bonds is 3. The minimum atomic E-state index is -0.0504. The van der Waals surface area contributed by atoms with E-state index < -0.39 is 0 Å². The largest absolute Gasteiger partial charge is 0.398 e. The maximum atomic E-state index is 10.3. The highest BCUT2D eigenvalue weighted by Gasteiger charge is 2.07. The molecule has 80 valence electrons. The normalized spacial score (nSPS) is 9.80. The fraction of sp³-hybridized carbons (Fsp3) is 0. The first-order valence-corrected chi connectivity index (χ1v) is 5.61. The number of nitrogens with zero attached hydrogens (tertiary/aromatic N) is 1. The number of hydrogen-bond donors (Lipinski definition) is 1. The quantitative estimate of drug-likeness (QED) is 0.501. The standard InChI is InChI=1S/C8H5Cl3N2OS/c9-7(10)8(11)15-6-3-4(13-14)1-2-5(6)12/h1-3H,12H2. The molecule has 0 unspecified atom stereocenters. The van der Waals surface area contributed by atoms with Crippen LogP contribution in [0.1, 0.15) is 0 Å². The van der Waals surface area contributed by atoms with Gasteiger partial charge in [-0.25, -0.2) is 0 Å². The summed E-state index contributed by atoms with van der Waals surface area (Å²) in [6.07, 6.45) is 0. The Kier molecular flexibility index (Phi) is 4.73.